The van der Waals surface area contributed by atoms with Gasteiger partial charge in [-0.2, -0.15) is 5.10 Å². The summed E-state index contributed by atoms with van der Waals surface area (Å²) in [5, 5.41) is 4.47. The number of ether oxygens (including phenoxy) is 2. The molecule has 1 saturated carbocycles. The van der Waals surface area contributed by atoms with Crippen LogP contribution in [0.25, 0.3) is 0 Å². The van der Waals surface area contributed by atoms with E-state index in [9.17, 15) is 4.79 Å². The number of benzene rings is 1. The minimum Gasteiger partial charge on any atom is -0.493 e. The predicted molar refractivity (Wildman–Crippen MR) is 115 cm³/mol. The maximum Gasteiger partial charge on any atom is 0.271 e. The van der Waals surface area contributed by atoms with E-state index < -0.39 is 0 Å². The summed E-state index contributed by atoms with van der Waals surface area (Å²) in [6.07, 6.45) is 6.99. The molecular weight excluding hydrogens is 380 g/mol. The molecule has 1 aromatic carbocycles. The zero-order valence-corrected chi connectivity index (χ0v) is 17.7. The highest BCUT2D eigenvalue weighted by Crippen LogP contribution is 2.49. The van der Waals surface area contributed by atoms with Gasteiger partial charge in [0.1, 0.15) is 0 Å². The second kappa shape index (κ2) is 8.44. The highest BCUT2D eigenvalue weighted by Gasteiger charge is 2.49. The SMILES string of the molecule is COc1ccc(C23CC/C(=N\NC(=O)c4ccncc4)CC2N(C)CC3)cc1OC. The summed E-state index contributed by atoms with van der Waals surface area (Å²) >= 11 is 0. The minimum atomic E-state index is -0.207. The van der Waals surface area contributed by atoms with Crippen LogP contribution in [0.15, 0.2) is 47.8 Å². The van der Waals surface area contributed by atoms with Crippen molar-refractivity contribution in [3.63, 3.8) is 0 Å². The molecule has 7 nitrogen and oxygen atoms in total. The normalized spacial score (nSPS) is 25.0. The maximum absolute atomic E-state index is 12.3. The Balaban J connectivity index is 1.55. The summed E-state index contributed by atoms with van der Waals surface area (Å²) in [5.41, 5.74) is 5.65. The fourth-order valence-electron chi connectivity index (χ4n) is 4.88. The van der Waals surface area contributed by atoms with Gasteiger partial charge in [0.05, 0.1) is 14.2 Å². The van der Waals surface area contributed by atoms with E-state index in [1.165, 1.54) is 5.56 Å². The van der Waals surface area contributed by atoms with Crippen molar-refractivity contribution in [3.8, 4) is 11.5 Å². The fourth-order valence-corrected chi connectivity index (χ4v) is 4.88. The molecular formula is C23H28N4O3. The predicted octanol–water partition coefficient (Wildman–Crippen LogP) is 3.01. The lowest BCUT2D eigenvalue weighted by atomic mass is 9.65. The van der Waals surface area contributed by atoms with Crippen molar-refractivity contribution in [2.24, 2.45) is 5.10 Å². The van der Waals surface area contributed by atoms with Crippen molar-refractivity contribution in [1.29, 1.82) is 0 Å². The van der Waals surface area contributed by atoms with Crippen molar-refractivity contribution in [1.82, 2.24) is 15.3 Å². The number of amides is 1. The van der Waals surface area contributed by atoms with Gasteiger partial charge in [-0.05, 0) is 62.7 Å². The average Bonchev–Trinajstić information content (AvgIpc) is 3.14. The number of carbonyl (C=O) groups excluding carboxylic acids is 1. The number of likely N-dealkylation sites (tertiary alicyclic amines) is 1. The van der Waals surface area contributed by atoms with E-state index >= 15 is 0 Å². The van der Waals surface area contributed by atoms with Crippen molar-refractivity contribution >= 4 is 11.6 Å². The molecule has 158 valence electrons. The number of likely N-dealkylation sites (N-methyl/N-ethyl adjacent to an activating group) is 1. The van der Waals surface area contributed by atoms with E-state index in [-0.39, 0.29) is 11.3 Å². The van der Waals surface area contributed by atoms with Crippen LogP contribution in [0.4, 0.5) is 0 Å². The maximum atomic E-state index is 12.3. The van der Waals surface area contributed by atoms with E-state index in [0.717, 1.165) is 49.4 Å². The van der Waals surface area contributed by atoms with Crippen LogP contribution in [-0.4, -0.2) is 55.4 Å². The number of fused-ring (bicyclic) bond motifs is 1. The molecule has 2 aromatic rings. The second-order valence-corrected chi connectivity index (χ2v) is 8.03. The Morgan fingerprint density at radius 3 is 2.67 bits per heavy atom. The molecule has 1 aliphatic carbocycles. The molecule has 0 spiro atoms. The first-order valence-electron chi connectivity index (χ1n) is 10.3. The number of carbonyl (C=O) groups is 1. The van der Waals surface area contributed by atoms with E-state index in [1.807, 2.05) is 6.07 Å². The Morgan fingerprint density at radius 1 is 1.17 bits per heavy atom. The topological polar surface area (TPSA) is 76.0 Å². The summed E-state index contributed by atoms with van der Waals surface area (Å²) in [6, 6.07) is 9.99. The number of methoxy groups -OCH3 is 2. The van der Waals surface area contributed by atoms with Crippen LogP contribution in [0.1, 0.15) is 41.6 Å². The van der Waals surface area contributed by atoms with Gasteiger partial charge in [-0.15, -0.1) is 0 Å². The van der Waals surface area contributed by atoms with Crippen LogP contribution in [-0.2, 0) is 5.41 Å². The Bertz CT molecular complexity index is 947. The third-order valence-electron chi connectivity index (χ3n) is 6.59. The van der Waals surface area contributed by atoms with Gasteiger partial charge in [0.15, 0.2) is 11.5 Å². The summed E-state index contributed by atoms with van der Waals surface area (Å²) in [4.78, 5) is 18.7. The first-order chi connectivity index (χ1) is 14.6. The largest absolute Gasteiger partial charge is 0.493 e. The second-order valence-electron chi connectivity index (χ2n) is 8.03. The lowest BCUT2D eigenvalue weighted by Crippen LogP contribution is -2.46. The molecule has 2 aliphatic rings. The molecule has 1 N–H and O–H groups in total. The molecule has 1 saturated heterocycles. The molecule has 2 atom stereocenters. The molecule has 2 fully saturated rings. The first kappa shape index (κ1) is 20.3. The van der Waals surface area contributed by atoms with Gasteiger partial charge in [-0.1, -0.05) is 6.07 Å². The number of hydrazone groups is 1. The molecule has 4 rings (SSSR count). The molecule has 30 heavy (non-hydrogen) atoms. The molecule has 1 aliphatic heterocycles. The first-order valence-corrected chi connectivity index (χ1v) is 10.3. The zero-order valence-electron chi connectivity index (χ0n) is 17.7. The summed E-state index contributed by atoms with van der Waals surface area (Å²) < 4.78 is 11.0. The molecule has 1 aromatic heterocycles. The number of nitrogens with one attached hydrogen (secondary N) is 1. The van der Waals surface area contributed by atoms with Crippen LogP contribution in [0.3, 0.4) is 0 Å². The summed E-state index contributed by atoms with van der Waals surface area (Å²) in [5.74, 6) is 1.31. The Morgan fingerprint density at radius 2 is 1.93 bits per heavy atom. The number of aromatic nitrogens is 1. The Labute approximate surface area is 177 Å². The summed E-state index contributed by atoms with van der Waals surface area (Å²) in [6.45, 7) is 1.04. The molecule has 7 heteroatoms. The number of hydrogen-bond acceptors (Lipinski definition) is 6. The van der Waals surface area contributed by atoms with Gasteiger partial charge in [-0.3, -0.25) is 9.78 Å². The lowest BCUT2D eigenvalue weighted by Gasteiger charge is -2.42. The van der Waals surface area contributed by atoms with E-state index in [4.69, 9.17) is 9.47 Å². The van der Waals surface area contributed by atoms with E-state index in [2.05, 4.69) is 39.6 Å². The number of rotatable bonds is 5. The Hall–Kier alpha value is -2.93. The van der Waals surface area contributed by atoms with Crippen LogP contribution >= 0.6 is 0 Å². The highest BCUT2D eigenvalue weighted by molar-refractivity contribution is 5.95. The Kier molecular flexibility index (Phi) is 5.72. The number of hydrogen-bond donors (Lipinski definition) is 1. The zero-order chi connectivity index (χ0) is 21.1. The van der Waals surface area contributed by atoms with Crippen LogP contribution in [0.5, 0.6) is 11.5 Å². The van der Waals surface area contributed by atoms with Gasteiger partial charge in [0.2, 0.25) is 0 Å². The van der Waals surface area contributed by atoms with Crippen LogP contribution in [0.2, 0.25) is 0 Å². The number of pyridine rings is 1. The van der Waals surface area contributed by atoms with Gasteiger partial charge in [-0.25, -0.2) is 5.43 Å². The standard InChI is InChI=1S/C23H28N4O3/c1-27-13-10-23(17-4-5-19(29-2)20(14-17)30-3)9-6-18(15-21(23)27)25-26-22(28)16-7-11-24-12-8-16/h4-5,7-8,11-12,14,21H,6,9-10,13,15H2,1-3H3,(H,26,28)/b25-18+. The van der Waals surface area contributed by atoms with Crippen molar-refractivity contribution < 1.29 is 14.3 Å². The van der Waals surface area contributed by atoms with Gasteiger partial charge in [0.25, 0.3) is 5.91 Å². The minimum absolute atomic E-state index is 0.0580. The molecule has 0 bridgehead atoms. The third-order valence-corrected chi connectivity index (χ3v) is 6.59. The van der Waals surface area contributed by atoms with Gasteiger partial charge >= 0.3 is 0 Å². The van der Waals surface area contributed by atoms with Crippen molar-refractivity contribution in [3.05, 3.63) is 53.9 Å². The van der Waals surface area contributed by atoms with Gasteiger partial charge < -0.3 is 14.4 Å². The quantitative estimate of drug-likeness (QED) is 0.770. The summed E-state index contributed by atoms with van der Waals surface area (Å²) in [7, 11) is 5.51. The monoisotopic (exact) mass is 408 g/mol. The molecule has 0 radical (unpaired) electrons. The highest BCUT2D eigenvalue weighted by atomic mass is 16.5. The van der Waals surface area contributed by atoms with E-state index in [1.54, 1.807) is 38.7 Å². The van der Waals surface area contributed by atoms with Crippen LogP contribution in [0, 0.1) is 0 Å². The lowest BCUT2D eigenvalue weighted by molar-refractivity contribution is 0.0954. The average molecular weight is 409 g/mol. The van der Waals surface area contributed by atoms with Crippen LogP contribution < -0.4 is 14.9 Å². The van der Waals surface area contributed by atoms with Crippen molar-refractivity contribution in [2.75, 3.05) is 27.8 Å². The van der Waals surface area contributed by atoms with E-state index in [0.29, 0.717) is 11.6 Å². The van der Waals surface area contributed by atoms with Crippen molar-refractivity contribution in [2.45, 2.75) is 37.1 Å². The fraction of sp³-hybridized carbons (Fsp3) is 0.435. The smallest absolute Gasteiger partial charge is 0.271 e. The van der Waals surface area contributed by atoms with Gasteiger partial charge in [0, 0.05) is 41.5 Å². The third kappa shape index (κ3) is 3.65. The number of nitrogens with zero attached hydrogens (tertiary/aromatic N) is 3. The molecule has 1 amide bonds. The molecule has 2 heterocycles. The molecule has 2 unspecified atom stereocenters.